The summed E-state index contributed by atoms with van der Waals surface area (Å²) >= 11 is 5.99. The lowest BCUT2D eigenvalue weighted by molar-refractivity contribution is 0.432. The minimum atomic E-state index is -0.284. The third-order valence-electron chi connectivity index (χ3n) is 2.67. The molecule has 0 amide bonds. The van der Waals surface area contributed by atoms with Gasteiger partial charge in [0.25, 0.3) is 0 Å². The Bertz CT molecular complexity index is 327. The first-order valence-electron chi connectivity index (χ1n) is 5.26. The maximum atomic E-state index is 13.0. The maximum Gasteiger partial charge on any atom is 0.123 e. The number of hydrogen-bond acceptors (Lipinski definition) is 1. The average Bonchev–Trinajstić information content (AvgIpc) is 2.21. The van der Waals surface area contributed by atoms with Crippen LogP contribution in [0.5, 0.6) is 0 Å². The van der Waals surface area contributed by atoms with Crippen LogP contribution < -0.4 is 5.73 Å². The molecule has 0 heterocycles. The Hall–Kier alpha value is -0.600. The van der Waals surface area contributed by atoms with Gasteiger partial charge in [0.05, 0.1) is 0 Å². The lowest BCUT2D eigenvalue weighted by Gasteiger charge is -2.20. The van der Waals surface area contributed by atoms with Crippen LogP contribution in [0.1, 0.15) is 38.3 Å². The Kier molecular flexibility index (Phi) is 4.55. The Balaban J connectivity index is 2.89. The van der Waals surface area contributed by atoms with Gasteiger partial charge in [-0.3, -0.25) is 0 Å². The van der Waals surface area contributed by atoms with Gasteiger partial charge in [-0.15, -0.1) is 0 Å². The van der Waals surface area contributed by atoms with Gasteiger partial charge in [0.15, 0.2) is 0 Å². The van der Waals surface area contributed by atoms with Gasteiger partial charge in [0, 0.05) is 11.1 Å². The lowest BCUT2D eigenvalue weighted by atomic mass is 9.92. The minimum absolute atomic E-state index is 0.187. The quantitative estimate of drug-likeness (QED) is 0.832. The second-order valence-corrected chi connectivity index (χ2v) is 4.36. The topological polar surface area (TPSA) is 26.0 Å². The van der Waals surface area contributed by atoms with E-state index in [1.54, 1.807) is 6.07 Å². The van der Waals surface area contributed by atoms with E-state index in [9.17, 15) is 4.39 Å². The fraction of sp³-hybridized carbons (Fsp3) is 0.500. The minimum Gasteiger partial charge on any atom is -0.324 e. The van der Waals surface area contributed by atoms with Gasteiger partial charge in [-0.1, -0.05) is 31.9 Å². The van der Waals surface area contributed by atoms with Crippen molar-refractivity contribution in [2.24, 2.45) is 11.7 Å². The molecule has 1 aromatic rings. The fourth-order valence-electron chi connectivity index (χ4n) is 1.71. The molecule has 1 aromatic carbocycles. The molecular formula is C12H17ClFN. The average molecular weight is 230 g/mol. The molecular weight excluding hydrogens is 213 g/mol. The van der Waals surface area contributed by atoms with Crippen LogP contribution in [0.15, 0.2) is 18.2 Å². The zero-order valence-electron chi connectivity index (χ0n) is 9.13. The van der Waals surface area contributed by atoms with Crippen LogP contribution in [-0.2, 0) is 0 Å². The fourth-order valence-corrected chi connectivity index (χ4v) is 1.96. The van der Waals surface area contributed by atoms with Gasteiger partial charge >= 0.3 is 0 Å². The van der Waals surface area contributed by atoms with Gasteiger partial charge in [-0.25, -0.2) is 4.39 Å². The second-order valence-electron chi connectivity index (χ2n) is 3.96. The summed E-state index contributed by atoms with van der Waals surface area (Å²) in [5.41, 5.74) is 6.75. The van der Waals surface area contributed by atoms with Crippen molar-refractivity contribution < 1.29 is 4.39 Å². The predicted octanol–water partition coefficient (Wildman–Crippen LogP) is 3.92. The third kappa shape index (κ3) is 3.18. The van der Waals surface area contributed by atoms with Crippen molar-refractivity contribution in [2.45, 2.75) is 32.7 Å². The summed E-state index contributed by atoms with van der Waals surface area (Å²) in [6.07, 6.45) is 2.09. The first-order chi connectivity index (χ1) is 7.06. The van der Waals surface area contributed by atoms with Gasteiger partial charge in [0.1, 0.15) is 5.82 Å². The lowest BCUT2D eigenvalue weighted by Crippen LogP contribution is -2.19. The van der Waals surface area contributed by atoms with Gasteiger partial charge in [0.2, 0.25) is 0 Å². The number of hydrogen-bond donors (Lipinski definition) is 1. The van der Waals surface area contributed by atoms with Crippen LogP contribution in [0.25, 0.3) is 0 Å². The molecule has 2 atom stereocenters. The van der Waals surface area contributed by atoms with Crippen molar-refractivity contribution in [1.82, 2.24) is 0 Å². The summed E-state index contributed by atoms with van der Waals surface area (Å²) in [5.74, 6) is 0.0304. The Morgan fingerprint density at radius 1 is 1.47 bits per heavy atom. The van der Waals surface area contributed by atoms with E-state index in [0.717, 1.165) is 12.8 Å². The van der Waals surface area contributed by atoms with Crippen LogP contribution in [0.3, 0.4) is 0 Å². The molecule has 3 heteroatoms. The summed E-state index contributed by atoms with van der Waals surface area (Å²) < 4.78 is 13.0. The van der Waals surface area contributed by atoms with E-state index in [0.29, 0.717) is 16.5 Å². The van der Waals surface area contributed by atoms with Crippen LogP contribution >= 0.6 is 11.6 Å². The Morgan fingerprint density at radius 3 is 2.73 bits per heavy atom. The van der Waals surface area contributed by atoms with Crippen molar-refractivity contribution in [3.05, 3.63) is 34.6 Å². The molecule has 15 heavy (non-hydrogen) atoms. The van der Waals surface area contributed by atoms with Gasteiger partial charge in [-0.05, 0) is 36.1 Å². The van der Waals surface area contributed by atoms with Crippen LogP contribution in [-0.4, -0.2) is 0 Å². The molecule has 0 aliphatic carbocycles. The number of halogens is 2. The van der Waals surface area contributed by atoms with Crippen molar-refractivity contribution in [2.75, 3.05) is 0 Å². The molecule has 2 N–H and O–H groups in total. The van der Waals surface area contributed by atoms with Gasteiger partial charge < -0.3 is 5.73 Å². The zero-order valence-corrected chi connectivity index (χ0v) is 9.89. The standard InChI is InChI=1S/C12H17ClFN/c1-3-4-8(2)12(15)10-7-9(14)5-6-11(10)13/h5-8,12H,3-4,15H2,1-2H3. The van der Waals surface area contributed by atoms with Gasteiger partial charge in [-0.2, -0.15) is 0 Å². The van der Waals surface area contributed by atoms with Crippen LogP contribution in [0, 0.1) is 11.7 Å². The highest BCUT2D eigenvalue weighted by Gasteiger charge is 2.17. The molecule has 0 aliphatic heterocycles. The van der Waals surface area contributed by atoms with E-state index in [2.05, 4.69) is 13.8 Å². The monoisotopic (exact) mass is 229 g/mol. The first-order valence-corrected chi connectivity index (χ1v) is 5.64. The predicted molar refractivity (Wildman–Crippen MR) is 62.4 cm³/mol. The molecule has 0 aromatic heterocycles. The van der Waals surface area contributed by atoms with E-state index in [4.69, 9.17) is 17.3 Å². The Morgan fingerprint density at radius 2 is 2.13 bits per heavy atom. The van der Waals surface area contributed by atoms with Crippen molar-refractivity contribution in [3.63, 3.8) is 0 Å². The highest BCUT2D eigenvalue weighted by molar-refractivity contribution is 6.31. The zero-order chi connectivity index (χ0) is 11.4. The summed E-state index contributed by atoms with van der Waals surface area (Å²) in [5, 5.41) is 0.548. The van der Waals surface area contributed by atoms with E-state index >= 15 is 0 Å². The number of nitrogens with two attached hydrogens (primary N) is 1. The molecule has 0 spiro atoms. The Labute approximate surface area is 95.4 Å². The molecule has 0 bridgehead atoms. The smallest absolute Gasteiger partial charge is 0.123 e. The third-order valence-corrected chi connectivity index (χ3v) is 3.02. The molecule has 1 rings (SSSR count). The molecule has 0 aliphatic rings. The highest BCUT2D eigenvalue weighted by atomic mass is 35.5. The van der Waals surface area contributed by atoms with E-state index in [1.807, 2.05) is 0 Å². The molecule has 0 radical (unpaired) electrons. The van der Waals surface area contributed by atoms with Crippen molar-refractivity contribution in [3.8, 4) is 0 Å². The van der Waals surface area contributed by atoms with Crippen LogP contribution in [0.2, 0.25) is 5.02 Å². The molecule has 0 fully saturated rings. The molecule has 1 nitrogen and oxygen atoms in total. The van der Waals surface area contributed by atoms with Crippen molar-refractivity contribution >= 4 is 11.6 Å². The van der Waals surface area contributed by atoms with E-state index < -0.39 is 0 Å². The summed E-state index contributed by atoms with van der Waals surface area (Å²) in [6.45, 7) is 4.17. The number of rotatable bonds is 4. The molecule has 0 saturated carbocycles. The van der Waals surface area contributed by atoms with Crippen LogP contribution in [0.4, 0.5) is 4.39 Å². The first kappa shape index (κ1) is 12.5. The summed E-state index contributed by atoms with van der Waals surface area (Å²) in [6, 6.07) is 4.15. The number of benzene rings is 1. The largest absolute Gasteiger partial charge is 0.324 e. The second kappa shape index (κ2) is 5.47. The molecule has 84 valence electrons. The maximum absolute atomic E-state index is 13.0. The van der Waals surface area contributed by atoms with E-state index in [1.165, 1.54) is 12.1 Å². The summed E-state index contributed by atoms with van der Waals surface area (Å²) in [4.78, 5) is 0. The molecule has 0 saturated heterocycles. The normalized spacial score (nSPS) is 15.0. The highest BCUT2D eigenvalue weighted by Crippen LogP contribution is 2.29. The molecule has 2 unspecified atom stereocenters. The SMILES string of the molecule is CCCC(C)C(N)c1cc(F)ccc1Cl. The van der Waals surface area contributed by atoms with Crippen molar-refractivity contribution in [1.29, 1.82) is 0 Å². The van der Waals surface area contributed by atoms with E-state index in [-0.39, 0.29) is 11.9 Å². The summed E-state index contributed by atoms with van der Waals surface area (Å²) in [7, 11) is 0.